The van der Waals surface area contributed by atoms with Gasteiger partial charge in [-0.2, -0.15) is 0 Å². The fourth-order valence-electron chi connectivity index (χ4n) is 2.59. The van der Waals surface area contributed by atoms with Crippen LogP contribution in [0.1, 0.15) is 12.8 Å². The number of methoxy groups -OCH3 is 1. The first kappa shape index (κ1) is 10.3. The molecule has 2 rings (SSSR count). The van der Waals surface area contributed by atoms with Gasteiger partial charge in [0.05, 0.1) is 19.3 Å². The highest BCUT2D eigenvalue weighted by Gasteiger charge is 2.38. The van der Waals surface area contributed by atoms with E-state index in [9.17, 15) is 4.39 Å². The zero-order valence-corrected chi connectivity index (χ0v) is 8.62. The third-order valence-corrected chi connectivity index (χ3v) is 3.30. The highest BCUT2D eigenvalue weighted by atomic mass is 19.1. The van der Waals surface area contributed by atoms with Gasteiger partial charge in [0.25, 0.3) is 0 Å². The summed E-state index contributed by atoms with van der Waals surface area (Å²) in [5.41, 5.74) is 0. The fourth-order valence-corrected chi connectivity index (χ4v) is 2.59. The SMILES string of the molecule is COC1CC2COCC(C1)N2CCF. The van der Waals surface area contributed by atoms with E-state index in [2.05, 4.69) is 4.90 Å². The van der Waals surface area contributed by atoms with Crippen molar-refractivity contribution in [3.05, 3.63) is 0 Å². The Bertz CT molecular complexity index is 177. The molecule has 0 spiro atoms. The normalized spacial score (nSPS) is 38.6. The van der Waals surface area contributed by atoms with Gasteiger partial charge >= 0.3 is 0 Å². The maximum atomic E-state index is 12.4. The Morgan fingerprint density at radius 2 is 2.00 bits per heavy atom. The van der Waals surface area contributed by atoms with E-state index in [1.54, 1.807) is 7.11 Å². The number of halogens is 1. The number of rotatable bonds is 3. The van der Waals surface area contributed by atoms with E-state index in [0.717, 1.165) is 26.1 Å². The minimum Gasteiger partial charge on any atom is -0.381 e. The van der Waals surface area contributed by atoms with Crippen LogP contribution in [0.3, 0.4) is 0 Å². The van der Waals surface area contributed by atoms with Crippen LogP contribution in [0.15, 0.2) is 0 Å². The number of nitrogens with zero attached hydrogens (tertiary/aromatic N) is 1. The summed E-state index contributed by atoms with van der Waals surface area (Å²) in [5, 5.41) is 0. The van der Waals surface area contributed by atoms with Crippen LogP contribution in [0.25, 0.3) is 0 Å². The standard InChI is InChI=1S/C10H18FNO2/c1-13-10-4-8-6-14-7-9(5-10)12(8)3-2-11/h8-10H,2-7H2,1H3. The highest BCUT2D eigenvalue weighted by molar-refractivity contribution is 4.91. The first-order chi connectivity index (χ1) is 6.85. The topological polar surface area (TPSA) is 21.7 Å². The number of ether oxygens (including phenoxy) is 2. The van der Waals surface area contributed by atoms with Gasteiger partial charge in [0.1, 0.15) is 6.67 Å². The van der Waals surface area contributed by atoms with Crippen LogP contribution in [0, 0.1) is 0 Å². The second kappa shape index (κ2) is 4.55. The van der Waals surface area contributed by atoms with Crippen LogP contribution in [0.2, 0.25) is 0 Å². The van der Waals surface area contributed by atoms with Gasteiger partial charge in [0, 0.05) is 25.7 Å². The van der Waals surface area contributed by atoms with E-state index in [1.807, 2.05) is 0 Å². The molecule has 2 aliphatic rings. The molecule has 0 aromatic heterocycles. The lowest BCUT2D eigenvalue weighted by Gasteiger charge is -2.47. The van der Waals surface area contributed by atoms with Gasteiger partial charge in [-0.25, -0.2) is 4.39 Å². The molecular weight excluding hydrogens is 185 g/mol. The molecule has 0 radical (unpaired) electrons. The summed E-state index contributed by atoms with van der Waals surface area (Å²) >= 11 is 0. The number of piperidine rings is 1. The van der Waals surface area contributed by atoms with Crippen molar-refractivity contribution >= 4 is 0 Å². The number of hydrogen-bond acceptors (Lipinski definition) is 3. The predicted octanol–water partition coefficient (Wildman–Crippen LogP) is 0.834. The summed E-state index contributed by atoms with van der Waals surface area (Å²) in [5.74, 6) is 0. The van der Waals surface area contributed by atoms with Crippen molar-refractivity contribution in [1.29, 1.82) is 0 Å². The predicted molar refractivity (Wildman–Crippen MR) is 51.1 cm³/mol. The van der Waals surface area contributed by atoms with Crippen molar-refractivity contribution in [2.75, 3.05) is 33.5 Å². The summed E-state index contributed by atoms with van der Waals surface area (Å²) in [7, 11) is 1.76. The summed E-state index contributed by atoms with van der Waals surface area (Å²) in [6.07, 6.45) is 2.30. The van der Waals surface area contributed by atoms with E-state index < -0.39 is 0 Å². The third kappa shape index (κ3) is 1.92. The molecule has 82 valence electrons. The van der Waals surface area contributed by atoms with E-state index in [0.29, 0.717) is 24.7 Å². The Balaban J connectivity index is 1.99. The molecule has 0 amide bonds. The Morgan fingerprint density at radius 3 is 2.50 bits per heavy atom. The molecule has 3 nitrogen and oxygen atoms in total. The maximum absolute atomic E-state index is 12.4. The Hall–Kier alpha value is -0.190. The largest absolute Gasteiger partial charge is 0.381 e. The van der Waals surface area contributed by atoms with E-state index in [-0.39, 0.29) is 6.67 Å². The van der Waals surface area contributed by atoms with Gasteiger partial charge in [-0.15, -0.1) is 0 Å². The van der Waals surface area contributed by atoms with Gasteiger partial charge in [0.2, 0.25) is 0 Å². The van der Waals surface area contributed by atoms with Crippen LogP contribution in [0.5, 0.6) is 0 Å². The van der Waals surface area contributed by atoms with Crippen molar-refractivity contribution in [2.24, 2.45) is 0 Å². The first-order valence-corrected chi connectivity index (χ1v) is 5.27. The highest BCUT2D eigenvalue weighted by Crippen LogP contribution is 2.28. The second-order valence-electron chi connectivity index (χ2n) is 4.10. The van der Waals surface area contributed by atoms with Crippen molar-refractivity contribution in [3.63, 3.8) is 0 Å². The molecule has 0 aliphatic carbocycles. The molecule has 0 N–H and O–H groups in total. The van der Waals surface area contributed by atoms with Crippen LogP contribution in [0.4, 0.5) is 4.39 Å². The summed E-state index contributed by atoms with van der Waals surface area (Å²) < 4.78 is 23.2. The summed E-state index contributed by atoms with van der Waals surface area (Å²) in [6.45, 7) is 1.76. The lowest BCUT2D eigenvalue weighted by Crippen LogP contribution is -2.58. The number of alkyl halides is 1. The van der Waals surface area contributed by atoms with E-state index in [1.165, 1.54) is 0 Å². The van der Waals surface area contributed by atoms with Crippen LogP contribution >= 0.6 is 0 Å². The molecule has 14 heavy (non-hydrogen) atoms. The minimum atomic E-state index is -0.259. The van der Waals surface area contributed by atoms with Crippen molar-refractivity contribution in [2.45, 2.75) is 31.0 Å². The van der Waals surface area contributed by atoms with E-state index in [4.69, 9.17) is 9.47 Å². The van der Waals surface area contributed by atoms with Gasteiger partial charge in [-0.05, 0) is 12.8 Å². The molecule has 2 aliphatic heterocycles. The lowest BCUT2D eigenvalue weighted by atomic mass is 9.92. The van der Waals surface area contributed by atoms with Crippen LogP contribution in [-0.4, -0.2) is 56.6 Å². The molecular formula is C10H18FNO2. The van der Waals surface area contributed by atoms with Gasteiger partial charge in [0.15, 0.2) is 0 Å². The number of fused-ring (bicyclic) bond motifs is 2. The van der Waals surface area contributed by atoms with Crippen LogP contribution in [-0.2, 0) is 9.47 Å². The van der Waals surface area contributed by atoms with Crippen molar-refractivity contribution in [1.82, 2.24) is 4.90 Å². The number of morpholine rings is 1. The average Bonchev–Trinajstić information content (AvgIpc) is 2.17. The average molecular weight is 203 g/mol. The minimum absolute atomic E-state index is 0.259. The summed E-state index contributed by atoms with van der Waals surface area (Å²) in [4.78, 5) is 2.25. The van der Waals surface area contributed by atoms with Crippen LogP contribution < -0.4 is 0 Å². The quantitative estimate of drug-likeness (QED) is 0.678. The molecule has 2 bridgehead atoms. The van der Waals surface area contributed by atoms with Gasteiger partial charge in [-0.1, -0.05) is 0 Å². The van der Waals surface area contributed by atoms with E-state index >= 15 is 0 Å². The second-order valence-corrected chi connectivity index (χ2v) is 4.10. The molecule has 0 aromatic rings. The van der Waals surface area contributed by atoms with Gasteiger partial charge in [-0.3, -0.25) is 4.90 Å². The maximum Gasteiger partial charge on any atom is 0.102 e. The monoisotopic (exact) mass is 203 g/mol. The third-order valence-electron chi connectivity index (χ3n) is 3.30. The molecule has 2 saturated heterocycles. The van der Waals surface area contributed by atoms with Crippen molar-refractivity contribution in [3.8, 4) is 0 Å². The molecule has 2 unspecified atom stereocenters. The molecule has 2 heterocycles. The zero-order valence-electron chi connectivity index (χ0n) is 8.62. The fraction of sp³-hybridized carbons (Fsp3) is 1.00. The first-order valence-electron chi connectivity index (χ1n) is 5.27. The zero-order chi connectivity index (χ0) is 9.97. The molecule has 2 atom stereocenters. The Morgan fingerprint density at radius 1 is 1.36 bits per heavy atom. The smallest absolute Gasteiger partial charge is 0.102 e. The molecule has 0 saturated carbocycles. The van der Waals surface area contributed by atoms with Gasteiger partial charge < -0.3 is 9.47 Å². The lowest BCUT2D eigenvalue weighted by molar-refractivity contribution is -0.113. The number of hydrogen-bond donors (Lipinski definition) is 0. The molecule has 0 aromatic carbocycles. The Kier molecular flexibility index (Phi) is 3.36. The Labute approximate surface area is 84.2 Å². The van der Waals surface area contributed by atoms with Crippen molar-refractivity contribution < 1.29 is 13.9 Å². The molecule has 2 fully saturated rings. The summed E-state index contributed by atoms with van der Waals surface area (Å²) in [6, 6.07) is 0.728. The molecule has 4 heteroatoms.